The number of hydrogen-bond acceptors (Lipinski definition) is 38. The van der Waals surface area contributed by atoms with Crippen LogP contribution in [0, 0.1) is 24.7 Å². The Balaban J connectivity index is 0.000000191. The highest BCUT2D eigenvalue weighted by molar-refractivity contribution is 7.46. The van der Waals surface area contributed by atoms with Gasteiger partial charge in [0.05, 0.1) is 63.8 Å². The number of rotatable bonds is 22. The number of nitrogens with two attached hydrogens (primary N) is 4. The number of anilines is 4. The van der Waals surface area contributed by atoms with E-state index in [0.717, 1.165) is 14.2 Å². The van der Waals surface area contributed by atoms with E-state index < -0.39 is 138 Å². The van der Waals surface area contributed by atoms with Crippen molar-refractivity contribution in [3.8, 4) is 24.7 Å². The number of nitrogens with zero attached hydrogens (tertiary/aromatic N) is 20. The molecule has 4 fully saturated rings. The van der Waals surface area contributed by atoms with Gasteiger partial charge in [0.1, 0.15) is 97.9 Å². The SMILES string of the molecule is C#CCOC1[C@@H](COP(=O)([O-])OC)O[C@@H](n2cnc3c(N)ncnc32)[C@H]1O.C#CCOC1[C@@H](COP(=O)([O-])OC)O[C@@H](n2cnc3c(N)ncnc32)[C@H]1O.CC.CC.CCOC1[C@@H](CN=[N+]=[N-])O[C@@H](n2cnc3c(=O)[nH]c(N)nc32)[C@H]1O.[N-]=[N+]=NC[C@H]1O[C@@H](n2cnc3c(=O)[nH]c(N)nc32)[C@@H](O)C1O. The van der Waals surface area contributed by atoms with Gasteiger partial charge in [-0.25, -0.2) is 39.9 Å². The summed E-state index contributed by atoms with van der Waals surface area (Å²) in [4.78, 5) is 96.3. The molecule has 0 aromatic carbocycles. The van der Waals surface area contributed by atoms with E-state index >= 15 is 0 Å². The van der Waals surface area contributed by atoms with Gasteiger partial charge in [-0.15, -0.1) is 12.8 Å². The maximum atomic E-state index is 11.8. The van der Waals surface area contributed by atoms with Crippen LogP contribution in [0.25, 0.3) is 65.5 Å². The molecular weight excluding hydrogens is 1430 g/mol. The Kier molecular flexibility index (Phi) is 29.3. The van der Waals surface area contributed by atoms with E-state index in [1.807, 2.05) is 27.7 Å². The zero-order valence-corrected chi connectivity index (χ0v) is 57.9. The van der Waals surface area contributed by atoms with Crippen LogP contribution >= 0.6 is 15.6 Å². The molecular formula is C54H74N26O22P2-2. The molecule has 0 spiro atoms. The molecule has 4 saturated heterocycles. The molecule has 8 aromatic heterocycles. The van der Waals surface area contributed by atoms with Gasteiger partial charge in [-0.2, -0.15) is 9.97 Å². The number of ether oxygens (including phenoxy) is 7. The summed E-state index contributed by atoms with van der Waals surface area (Å²) in [6, 6.07) is 0. The number of H-pyrrole nitrogens is 2. The van der Waals surface area contributed by atoms with Gasteiger partial charge in [0.2, 0.25) is 11.9 Å². The molecule has 104 heavy (non-hydrogen) atoms. The number of nitrogens with one attached hydrogen (secondary N) is 2. The number of nitrogen functional groups attached to an aromatic ring is 4. The standard InChI is InChI=1S/2C14H18N5O7P.C12H16N8O4.C10H12N8O4.2C2H6/c2*1-3-4-24-11-8(5-25-27(21,22)23-2)26-14(10(11)20)19-7-18-9-12(15)16-6-17-13(9)19;1-2-23-8-5(3-16-19-14)24-11(7(8)21)20-4-15-6-9(20)17-12(13)18-10(6)22;11-10-15-7-4(8(21)16-10)13-2-18(7)9-6(20)5(19)3(22-9)1-14-17-12;2*1-2/h2*1,6-8,10-11,14,20H,4-5H2,2H3,(H,21,22)(H2,15,16,17);4-5,7-8,11,21H,2-3H2,1H3,(H3,13,17,18,22);2-3,5-6,9,19-20H,1H2,(H3,11,15,16,21);2*1-2H3/p-2/t2*8-,10+,11?,14-;5-,7+,8?,11-;3-,5?,6+,9-;;/m1111../s1. The first-order chi connectivity index (χ1) is 49.8. The smallest absolute Gasteiger partial charge is 0.280 e. The molecule has 50 heteroatoms. The lowest BCUT2D eigenvalue weighted by atomic mass is 10.1. The van der Waals surface area contributed by atoms with Gasteiger partial charge in [0.25, 0.3) is 26.8 Å². The Hall–Kier alpha value is -9.52. The Morgan fingerprint density at radius 2 is 0.894 bits per heavy atom. The third kappa shape index (κ3) is 18.7. The number of terminal acetylenes is 2. The predicted molar refractivity (Wildman–Crippen MR) is 355 cm³/mol. The second-order valence-electron chi connectivity index (χ2n) is 21.0. The van der Waals surface area contributed by atoms with E-state index in [9.17, 15) is 54.0 Å². The fraction of sp³-hybridized carbons (Fsp3) is 0.556. The first-order valence-electron chi connectivity index (χ1n) is 30.9. The van der Waals surface area contributed by atoms with Crippen molar-refractivity contribution in [3.05, 3.63) is 79.6 Å². The molecule has 4 aliphatic heterocycles. The minimum Gasteiger partial charge on any atom is -0.756 e. The van der Waals surface area contributed by atoms with Gasteiger partial charge in [0, 0.05) is 30.6 Å². The van der Waals surface area contributed by atoms with E-state index in [0.29, 0.717) is 28.9 Å². The van der Waals surface area contributed by atoms with Crippen molar-refractivity contribution >= 4 is 83.8 Å². The van der Waals surface area contributed by atoms with Crippen molar-refractivity contribution in [2.24, 2.45) is 10.2 Å². The van der Waals surface area contributed by atoms with Crippen molar-refractivity contribution in [2.75, 3.05) is 83.3 Å². The quantitative estimate of drug-likeness (QED) is 0.0115. The number of imidazole rings is 4. The molecule has 8 aromatic rings. The summed E-state index contributed by atoms with van der Waals surface area (Å²) in [6.07, 6.45) is 2.20. The van der Waals surface area contributed by atoms with Crippen LogP contribution in [-0.4, -0.2) is 237 Å². The lowest BCUT2D eigenvalue weighted by Crippen LogP contribution is -2.37. The molecule has 0 radical (unpaired) electrons. The fourth-order valence-corrected chi connectivity index (χ4v) is 11.4. The highest BCUT2D eigenvalue weighted by atomic mass is 31.2. The van der Waals surface area contributed by atoms with Gasteiger partial charge in [-0.3, -0.25) is 47.0 Å². The molecule has 564 valence electrons. The minimum absolute atomic E-state index is 0.00247. The maximum absolute atomic E-state index is 11.8. The van der Waals surface area contributed by atoms with E-state index in [1.165, 1.54) is 56.2 Å². The Morgan fingerprint density at radius 1 is 0.548 bits per heavy atom. The van der Waals surface area contributed by atoms with Crippen LogP contribution in [0.2, 0.25) is 0 Å². The minimum atomic E-state index is -4.49. The van der Waals surface area contributed by atoms with Crippen LogP contribution in [0.3, 0.4) is 0 Å². The molecule has 0 saturated carbocycles. The molecule has 0 bridgehead atoms. The van der Waals surface area contributed by atoms with E-state index in [2.05, 4.69) is 101 Å². The molecule has 12 rings (SSSR count). The Morgan fingerprint density at radius 3 is 1.27 bits per heavy atom. The number of aromatic nitrogens is 16. The van der Waals surface area contributed by atoms with Gasteiger partial charge < -0.3 is 110 Å². The molecule has 0 amide bonds. The van der Waals surface area contributed by atoms with E-state index in [1.54, 1.807) is 6.92 Å². The van der Waals surface area contributed by atoms with Crippen molar-refractivity contribution in [3.63, 3.8) is 0 Å². The monoisotopic (exact) mass is 1500 g/mol. The summed E-state index contributed by atoms with van der Waals surface area (Å²) in [5, 5.41) is 58.7. The van der Waals surface area contributed by atoms with Crippen molar-refractivity contribution in [1.82, 2.24) is 78.1 Å². The summed E-state index contributed by atoms with van der Waals surface area (Å²) in [5.41, 5.74) is 40.1. The Labute approximate surface area is 586 Å². The number of phosphoric acid groups is 2. The molecule has 15 N–H and O–H groups in total. The van der Waals surface area contributed by atoms with Crippen LogP contribution in [0.15, 0.2) is 57.8 Å². The second kappa shape index (κ2) is 37.3. The van der Waals surface area contributed by atoms with Crippen LogP contribution in [0.1, 0.15) is 59.5 Å². The fourth-order valence-electron chi connectivity index (χ4n) is 10.5. The van der Waals surface area contributed by atoms with Crippen LogP contribution in [-0.2, 0) is 60.4 Å². The molecule has 0 aliphatic carbocycles. The number of aliphatic hydroxyl groups excluding tert-OH is 5. The number of fused-ring (bicyclic) bond motifs is 4. The summed E-state index contributed by atoms with van der Waals surface area (Å²) < 4.78 is 85.5. The lowest BCUT2D eigenvalue weighted by molar-refractivity contribution is -0.227. The molecule has 12 heterocycles. The Bertz CT molecular complexity index is 4450. The zero-order chi connectivity index (χ0) is 76.3. The van der Waals surface area contributed by atoms with Crippen LogP contribution < -0.4 is 43.8 Å². The highest BCUT2D eigenvalue weighted by Crippen LogP contribution is 2.42. The second-order valence-corrected chi connectivity index (χ2v) is 24.0. The predicted octanol–water partition coefficient (Wildman–Crippen LogP) is -2.01. The number of aliphatic hydroxyl groups is 5. The average Bonchev–Trinajstić information content (AvgIpc) is 1.64. The van der Waals surface area contributed by atoms with Crippen LogP contribution in [0.5, 0.6) is 0 Å². The van der Waals surface area contributed by atoms with Crippen molar-refractivity contribution < 1.29 is 95.7 Å². The summed E-state index contributed by atoms with van der Waals surface area (Å²) in [7, 11) is -7.04. The van der Waals surface area contributed by atoms with Crippen molar-refractivity contribution in [2.45, 2.75) is 133 Å². The summed E-state index contributed by atoms with van der Waals surface area (Å²) >= 11 is 0. The lowest BCUT2D eigenvalue weighted by Gasteiger charge is -2.24. The molecule has 6 unspecified atom stereocenters. The molecule has 18 atom stereocenters. The molecule has 4 aliphatic rings. The van der Waals surface area contributed by atoms with Gasteiger partial charge >= 0.3 is 0 Å². The zero-order valence-electron chi connectivity index (χ0n) is 56.1. The first kappa shape index (κ1) is 81.8. The molecule has 48 nitrogen and oxygen atoms in total. The number of aromatic amines is 2. The van der Waals surface area contributed by atoms with Gasteiger partial charge in [0.15, 0.2) is 70.2 Å². The normalized spacial score (nSPS) is 26.4. The number of phosphoric ester groups is 2. The number of azide groups is 2. The van der Waals surface area contributed by atoms with Crippen LogP contribution in [0.4, 0.5) is 23.5 Å². The first-order valence-corrected chi connectivity index (χ1v) is 33.9. The third-order valence-corrected chi connectivity index (χ3v) is 16.8. The summed E-state index contributed by atoms with van der Waals surface area (Å²) in [5.74, 6) is 4.70. The maximum Gasteiger partial charge on any atom is 0.280 e. The van der Waals surface area contributed by atoms with E-state index in [-0.39, 0.29) is 72.2 Å². The topological polar surface area (TPSA) is 699 Å². The average molecular weight is 1500 g/mol. The largest absolute Gasteiger partial charge is 0.756 e. The highest BCUT2D eigenvalue weighted by Gasteiger charge is 2.50. The van der Waals surface area contributed by atoms with Crippen molar-refractivity contribution in [1.29, 1.82) is 0 Å². The van der Waals surface area contributed by atoms with Gasteiger partial charge in [-0.1, -0.05) is 49.8 Å². The van der Waals surface area contributed by atoms with Gasteiger partial charge in [-0.05, 0) is 18.0 Å². The summed E-state index contributed by atoms with van der Waals surface area (Å²) in [6.45, 7) is 8.86. The van der Waals surface area contributed by atoms with E-state index in [4.69, 9.17) is 89.0 Å². The number of hydrogen-bond donors (Lipinski definition) is 11. The third-order valence-electron chi connectivity index (χ3n) is 15.0.